The summed E-state index contributed by atoms with van der Waals surface area (Å²) in [5.74, 6) is 0.737. The van der Waals surface area contributed by atoms with Crippen LogP contribution in [0.25, 0.3) is 11.2 Å². The zero-order chi connectivity index (χ0) is 19.3. The third-order valence-corrected chi connectivity index (χ3v) is 5.47. The van der Waals surface area contributed by atoms with Crippen LogP contribution in [0.1, 0.15) is 30.9 Å². The third-order valence-electron chi connectivity index (χ3n) is 5.47. The molecule has 7 heteroatoms. The first-order valence-electron chi connectivity index (χ1n) is 9.49. The van der Waals surface area contributed by atoms with Crippen molar-refractivity contribution in [1.82, 2.24) is 18.7 Å². The Kier molecular flexibility index (Phi) is 4.17. The predicted octanol–water partition coefficient (Wildman–Crippen LogP) is 2.47. The number of hydrogen-bond donors (Lipinski definition) is 0. The lowest BCUT2D eigenvalue weighted by molar-refractivity contribution is 0.579. The Bertz CT molecular complexity index is 1150. The Morgan fingerprint density at radius 2 is 1.89 bits per heavy atom. The summed E-state index contributed by atoms with van der Waals surface area (Å²) in [5.41, 5.74) is 3.97. The Hall–Kier alpha value is -2.83. The maximum absolute atomic E-state index is 13.0. The number of rotatable bonds is 3. The molecule has 0 atom stereocenters. The lowest BCUT2D eigenvalue weighted by atomic mass is 10.1. The van der Waals surface area contributed by atoms with Crippen LogP contribution in [0.3, 0.4) is 0 Å². The minimum Gasteiger partial charge on any atom is -0.312 e. The van der Waals surface area contributed by atoms with Gasteiger partial charge in [-0.25, -0.2) is 4.79 Å². The van der Waals surface area contributed by atoms with Crippen LogP contribution < -0.4 is 16.1 Å². The summed E-state index contributed by atoms with van der Waals surface area (Å²) < 4.78 is 4.80. The monoisotopic (exact) mass is 367 g/mol. The number of nitrogens with zero attached hydrogens (tertiary/aromatic N) is 5. The highest BCUT2D eigenvalue weighted by Crippen LogP contribution is 2.31. The molecule has 0 saturated heterocycles. The number of aromatic nitrogens is 4. The van der Waals surface area contributed by atoms with Crippen molar-refractivity contribution in [1.29, 1.82) is 0 Å². The van der Waals surface area contributed by atoms with Gasteiger partial charge >= 0.3 is 5.69 Å². The molecule has 1 aliphatic rings. The van der Waals surface area contributed by atoms with E-state index < -0.39 is 0 Å². The molecule has 1 aliphatic heterocycles. The molecule has 7 nitrogen and oxygen atoms in total. The van der Waals surface area contributed by atoms with Crippen LogP contribution in [-0.4, -0.2) is 25.2 Å². The second-order valence-corrected chi connectivity index (χ2v) is 7.31. The number of imidazole rings is 1. The van der Waals surface area contributed by atoms with Crippen LogP contribution in [-0.2, 0) is 20.1 Å². The van der Waals surface area contributed by atoms with E-state index in [1.165, 1.54) is 20.3 Å². The Morgan fingerprint density at radius 1 is 1.11 bits per heavy atom. The van der Waals surface area contributed by atoms with Gasteiger partial charge in [0.05, 0.1) is 0 Å². The highest BCUT2D eigenvalue weighted by atomic mass is 16.2. The van der Waals surface area contributed by atoms with E-state index in [1.807, 2.05) is 11.5 Å². The number of hydrogen-bond acceptors (Lipinski definition) is 4. The van der Waals surface area contributed by atoms with E-state index in [1.54, 1.807) is 7.05 Å². The first-order valence-corrected chi connectivity index (χ1v) is 9.49. The Labute approximate surface area is 157 Å². The molecule has 3 heterocycles. The third kappa shape index (κ3) is 2.60. The molecule has 27 heavy (non-hydrogen) atoms. The van der Waals surface area contributed by atoms with Gasteiger partial charge in [-0.3, -0.25) is 13.9 Å². The first kappa shape index (κ1) is 17.6. The summed E-state index contributed by atoms with van der Waals surface area (Å²) in [6, 6.07) is 6.35. The lowest BCUT2D eigenvalue weighted by Crippen LogP contribution is -2.39. The van der Waals surface area contributed by atoms with Gasteiger partial charge in [-0.15, -0.1) is 0 Å². The normalized spacial score (nSPS) is 14.0. The average Bonchev–Trinajstić information content (AvgIpc) is 3.05. The molecule has 0 N–H and O–H groups in total. The molecular weight excluding hydrogens is 342 g/mol. The van der Waals surface area contributed by atoms with E-state index in [0.717, 1.165) is 37.6 Å². The van der Waals surface area contributed by atoms with Crippen molar-refractivity contribution in [2.24, 2.45) is 7.05 Å². The summed E-state index contributed by atoms with van der Waals surface area (Å²) in [7, 11) is 1.69. The molecular formula is C20H25N5O2. The second kappa shape index (κ2) is 6.40. The van der Waals surface area contributed by atoms with Crippen LogP contribution in [0.15, 0.2) is 27.8 Å². The van der Waals surface area contributed by atoms with Gasteiger partial charge in [0.25, 0.3) is 5.56 Å². The molecule has 2 aromatic heterocycles. The highest BCUT2D eigenvalue weighted by Gasteiger charge is 2.26. The van der Waals surface area contributed by atoms with Crippen molar-refractivity contribution in [3.8, 4) is 0 Å². The fraction of sp³-hybridized carbons (Fsp3) is 0.450. The molecule has 0 unspecified atom stereocenters. The molecule has 0 amide bonds. The van der Waals surface area contributed by atoms with Crippen molar-refractivity contribution in [3.63, 3.8) is 0 Å². The Balaban J connectivity index is 1.98. The minimum absolute atomic E-state index is 0.240. The minimum atomic E-state index is -0.303. The van der Waals surface area contributed by atoms with Crippen molar-refractivity contribution in [3.05, 3.63) is 50.2 Å². The summed E-state index contributed by atoms with van der Waals surface area (Å²) >= 11 is 0. The van der Waals surface area contributed by atoms with E-state index in [4.69, 9.17) is 4.98 Å². The van der Waals surface area contributed by atoms with Crippen molar-refractivity contribution < 1.29 is 0 Å². The Morgan fingerprint density at radius 3 is 2.59 bits per heavy atom. The van der Waals surface area contributed by atoms with Crippen LogP contribution in [0, 0.1) is 13.8 Å². The van der Waals surface area contributed by atoms with E-state index in [9.17, 15) is 9.59 Å². The van der Waals surface area contributed by atoms with Gasteiger partial charge in [0.1, 0.15) is 0 Å². The van der Waals surface area contributed by atoms with Gasteiger partial charge in [0, 0.05) is 32.4 Å². The van der Waals surface area contributed by atoms with Gasteiger partial charge in [-0.2, -0.15) is 4.98 Å². The smallest absolute Gasteiger partial charge is 0.312 e. The number of aryl methyl sites for hydroxylation is 4. The van der Waals surface area contributed by atoms with Gasteiger partial charge in [0.15, 0.2) is 11.2 Å². The summed E-state index contributed by atoms with van der Waals surface area (Å²) in [5, 5.41) is 0. The largest absolute Gasteiger partial charge is 0.332 e. The molecule has 1 aromatic carbocycles. The van der Waals surface area contributed by atoms with Gasteiger partial charge < -0.3 is 9.47 Å². The molecule has 4 rings (SSSR count). The zero-order valence-electron chi connectivity index (χ0n) is 16.3. The fourth-order valence-electron chi connectivity index (χ4n) is 3.82. The maximum Gasteiger partial charge on any atom is 0.332 e. The van der Waals surface area contributed by atoms with Gasteiger partial charge in [-0.05, 0) is 49.9 Å². The van der Waals surface area contributed by atoms with Crippen molar-refractivity contribution in [2.45, 2.75) is 46.7 Å². The molecule has 3 aromatic rings. The predicted molar refractivity (Wildman–Crippen MR) is 107 cm³/mol. The maximum atomic E-state index is 13.0. The molecule has 0 saturated carbocycles. The van der Waals surface area contributed by atoms with Crippen LogP contribution in [0.2, 0.25) is 0 Å². The first-order chi connectivity index (χ1) is 12.9. The molecule has 0 radical (unpaired) electrons. The number of fused-ring (bicyclic) bond motifs is 3. The highest BCUT2D eigenvalue weighted by molar-refractivity contribution is 5.77. The van der Waals surface area contributed by atoms with E-state index >= 15 is 0 Å². The number of anilines is 2. The van der Waals surface area contributed by atoms with E-state index in [2.05, 4.69) is 36.9 Å². The van der Waals surface area contributed by atoms with E-state index in [-0.39, 0.29) is 11.2 Å². The van der Waals surface area contributed by atoms with Crippen molar-refractivity contribution in [2.75, 3.05) is 11.4 Å². The summed E-state index contributed by atoms with van der Waals surface area (Å²) in [4.78, 5) is 32.5. The van der Waals surface area contributed by atoms with Crippen LogP contribution in [0.5, 0.6) is 0 Å². The van der Waals surface area contributed by atoms with E-state index in [0.29, 0.717) is 17.7 Å². The summed E-state index contributed by atoms with van der Waals surface area (Å²) in [6.45, 7) is 8.14. The van der Waals surface area contributed by atoms with Crippen molar-refractivity contribution >= 4 is 22.8 Å². The van der Waals surface area contributed by atoms with Gasteiger partial charge in [-0.1, -0.05) is 13.0 Å². The SMILES string of the molecule is CCCn1c(=O)c2c(nc3n2CCCN3c2ccc(C)c(C)c2)n(C)c1=O. The molecule has 142 valence electrons. The molecule has 0 spiro atoms. The average molecular weight is 367 g/mol. The molecule has 0 bridgehead atoms. The summed E-state index contributed by atoms with van der Waals surface area (Å²) in [6.07, 6.45) is 1.65. The quantitative estimate of drug-likeness (QED) is 0.713. The van der Waals surface area contributed by atoms with Crippen LogP contribution in [0.4, 0.5) is 11.6 Å². The molecule has 0 aliphatic carbocycles. The standard InChI is InChI=1S/C20H25N5O2/c1-5-9-25-18(26)16-17(22(4)20(25)27)21-19-23(10-6-11-24(16)19)15-8-7-13(2)14(3)12-15/h7-8,12H,5-6,9-11H2,1-4H3. The fourth-order valence-corrected chi connectivity index (χ4v) is 3.82. The second-order valence-electron chi connectivity index (χ2n) is 7.31. The zero-order valence-corrected chi connectivity index (χ0v) is 16.3. The van der Waals surface area contributed by atoms with Crippen LogP contribution >= 0.6 is 0 Å². The topological polar surface area (TPSA) is 65.1 Å². The molecule has 0 fully saturated rings. The number of benzene rings is 1. The lowest BCUT2D eigenvalue weighted by Gasteiger charge is -2.29. The van der Waals surface area contributed by atoms with Gasteiger partial charge in [0.2, 0.25) is 5.95 Å².